The quantitative estimate of drug-likeness (QED) is 0.527. The highest BCUT2D eigenvalue weighted by atomic mass is 79.9. The molecule has 1 aliphatic carbocycles. The van der Waals surface area contributed by atoms with Crippen LogP contribution < -0.4 is 0 Å². The number of benzene rings is 2. The van der Waals surface area contributed by atoms with Gasteiger partial charge in [-0.15, -0.1) is 0 Å². The Morgan fingerprint density at radius 1 is 0.952 bits per heavy atom. The lowest BCUT2D eigenvalue weighted by atomic mass is 9.83. The maximum Gasteiger partial charge on any atom is 0.131 e. The third-order valence-corrected chi connectivity index (χ3v) is 5.44. The van der Waals surface area contributed by atoms with Crippen molar-refractivity contribution in [2.24, 2.45) is 0 Å². The molecule has 21 heavy (non-hydrogen) atoms. The molecule has 0 aliphatic heterocycles. The van der Waals surface area contributed by atoms with E-state index in [2.05, 4.69) is 22.0 Å². The normalized spacial score (nSPS) is 22.2. The lowest BCUT2D eigenvalue weighted by molar-refractivity contribution is 0.455. The molecule has 0 nitrogen and oxygen atoms in total. The molecule has 0 amide bonds. The largest absolute Gasteiger partial charge is 0.206 e. The average molecular weight is 368 g/mol. The molecule has 110 valence electrons. The van der Waals surface area contributed by atoms with Crippen LogP contribution in [0.15, 0.2) is 42.5 Å². The minimum atomic E-state index is -0.143. The van der Waals surface area contributed by atoms with Gasteiger partial charge in [0.25, 0.3) is 0 Å². The van der Waals surface area contributed by atoms with Crippen LogP contribution in [0, 0.1) is 5.82 Å². The van der Waals surface area contributed by atoms with E-state index in [0.717, 1.165) is 24.0 Å². The summed E-state index contributed by atoms with van der Waals surface area (Å²) >= 11 is 9.55. The first-order valence-corrected chi connectivity index (χ1v) is 8.62. The van der Waals surface area contributed by atoms with Gasteiger partial charge in [-0.2, -0.15) is 0 Å². The van der Waals surface area contributed by atoms with Crippen LogP contribution in [0.1, 0.15) is 37.2 Å². The van der Waals surface area contributed by atoms with Crippen molar-refractivity contribution in [3.63, 3.8) is 0 Å². The van der Waals surface area contributed by atoms with Crippen LogP contribution in [-0.4, -0.2) is 4.83 Å². The second kappa shape index (κ2) is 6.50. The van der Waals surface area contributed by atoms with Crippen LogP contribution in [0.3, 0.4) is 0 Å². The van der Waals surface area contributed by atoms with Gasteiger partial charge in [0.2, 0.25) is 0 Å². The molecule has 2 aromatic carbocycles. The zero-order valence-corrected chi connectivity index (χ0v) is 14.0. The highest BCUT2D eigenvalue weighted by Gasteiger charge is 2.21. The molecule has 1 saturated carbocycles. The van der Waals surface area contributed by atoms with Crippen LogP contribution in [0.5, 0.6) is 0 Å². The van der Waals surface area contributed by atoms with Gasteiger partial charge in [0, 0.05) is 15.4 Å². The van der Waals surface area contributed by atoms with Crippen molar-refractivity contribution >= 4 is 27.5 Å². The second-order valence-electron chi connectivity index (χ2n) is 5.70. The monoisotopic (exact) mass is 366 g/mol. The van der Waals surface area contributed by atoms with Gasteiger partial charge in [0.15, 0.2) is 0 Å². The van der Waals surface area contributed by atoms with Gasteiger partial charge in [-0.3, -0.25) is 0 Å². The van der Waals surface area contributed by atoms with Crippen LogP contribution in [0.2, 0.25) is 5.02 Å². The fourth-order valence-corrected chi connectivity index (χ4v) is 3.69. The number of halogens is 3. The van der Waals surface area contributed by atoms with E-state index in [4.69, 9.17) is 11.6 Å². The topological polar surface area (TPSA) is 0 Å². The molecule has 0 unspecified atom stereocenters. The number of hydrogen-bond acceptors (Lipinski definition) is 0. The Morgan fingerprint density at radius 2 is 1.62 bits per heavy atom. The van der Waals surface area contributed by atoms with Crippen molar-refractivity contribution < 1.29 is 4.39 Å². The molecule has 0 spiro atoms. The van der Waals surface area contributed by atoms with Crippen LogP contribution in [0.4, 0.5) is 4.39 Å². The van der Waals surface area contributed by atoms with Crippen molar-refractivity contribution in [3.8, 4) is 11.1 Å². The predicted molar refractivity (Wildman–Crippen MR) is 90.8 cm³/mol. The molecule has 3 heteroatoms. The summed E-state index contributed by atoms with van der Waals surface area (Å²) in [6, 6.07) is 13.0. The van der Waals surface area contributed by atoms with E-state index < -0.39 is 0 Å². The first-order valence-electron chi connectivity index (χ1n) is 7.33. The van der Waals surface area contributed by atoms with Crippen LogP contribution in [-0.2, 0) is 0 Å². The summed E-state index contributed by atoms with van der Waals surface area (Å²) in [5.41, 5.74) is 2.64. The number of hydrogen-bond donors (Lipinski definition) is 0. The Labute approximate surface area is 138 Å². The molecular formula is C18H17BrClF. The SMILES string of the molecule is Fc1cc(C2CCC(Br)CC2)ccc1-c1ccc(Cl)cc1. The van der Waals surface area contributed by atoms with Crippen molar-refractivity contribution in [2.75, 3.05) is 0 Å². The minimum absolute atomic E-state index is 0.143. The molecule has 0 radical (unpaired) electrons. The molecule has 0 bridgehead atoms. The van der Waals surface area contributed by atoms with E-state index >= 15 is 0 Å². The van der Waals surface area contributed by atoms with E-state index in [1.54, 1.807) is 18.2 Å². The fraction of sp³-hybridized carbons (Fsp3) is 0.333. The van der Waals surface area contributed by atoms with E-state index in [9.17, 15) is 4.39 Å². The number of alkyl halides is 1. The van der Waals surface area contributed by atoms with Crippen molar-refractivity contribution in [1.29, 1.82) is 0 Å². The summed E-state index contributed by atoms with van der Waals surface area (Å²) in [6.45, 7) is 0. The van der Waals surface area contributed by atoms with Crippen LogP contribution >= 0.6 is 27.5 Å². The van der Waals surface area contributed by atoms with E-state index in [-0.39, 0.29) is 5.82 Å². The Kier molecular flexibility index (Phi) is 4.66. The number of rotatable bonds is 2. The van der Waals surface area contributed by atoms with Gasteiger partial charge in [0.05, 0.1) is 0 Å². The fourth-order valence-electron chi connectivity index (χ4n) is 3.03. The molecule has 0 atom stereocenters. The smallest absolute Gasteiger partial charge is 0.131 e. The molecule has 1 aliphatic rings. The van der Waals surface area contributed by atoms with Gasteiger partial charge in [-0.1, -0.05) is 51.8 Å². The molecule has 0 aromatic heterocycles. The Morgan fingerprint density at radius 3 is 2.24 bits per heavy atom. The summed E-state index contributed by atoms with van der Waals surface area (Å²) in [6.07, 6.45) is 4.61. The molecule has 3 rings (SSSR count). The zero-order valence-electron chi connectivity index (χ0n) is 11.7. The molecular weight excluding hydrogens is 351 g/mol. The summed E-state index contributed by atoms with van der Waals surface area (Å²) in [5, 5.41) is 0.669. The van der Waals surface area contributed by atoms with E-state index in [1.807, 2.05) is 18.2 Å². The molecule has 0 heterocycles. The third-order valence-electron chi connectivity index (χ3n) is 4.28. The van der Waals surface area contributed by atoms with Crippen LogP contribution in [0.25, 0.3) is 11.1 Å². The lowest BCUT2D eigenvalue weighted by Crippen LogP contribution is -2.12. The lowest BCUT2D eigenvalue weighted by Gasteiger charge is -2.25. The Balaban J connectivity index is 1.84. The zero-order chi connectivity index (χ0) is 14.8. The highest BCUT2D eigenvalue weighted by molar-refractivity contribution is 9.09. The van der Waals surface area contributed by atoms with Gasteiger partial charge < -0.3 is 0 Å². The molecule has 0 N–H and O–H groups in total. The summed E-state index contributed by atoms with van der Waals surface area (Å²) in [4.78, 5) is 0.631. The second-order valence-corrected chi connectivity index (χ2v) is 7.43. The van der Waals surface area contributed by atoms with Crippen molar-refractivity contribution in [2.45, 2.75) is 36.4 Å². The average Bonchev–Trinajstić information content (AvgIpc) is 2.49. The first-order chi connectivity index (χ1) is 10.1. The molecule has 2 aromatic rings. The Hall–Kier alpha value is -0.860. The van der Waals surface area contributed by atoms with Crippen molar-refractivity contribution in [3.05, 3.63) is 58.9 Å². The maximum atomic E-state index is 14.4. The predicted octanol–water partition coefficient (Wildman–Crippen LogP) is 6.57. The summed E-state index contributed by atoms with van der Waals surface area (Å²) < 4.78 is 14.4. The first kappa shape index (κ1) is 15.1. The molecule has 0 saturated heterocycles. The van der Waals surface area contributed by atoms with Gasteiger partial charge in [-0.25, -0.2) is 4.39 Å². The minimum Gasteiger partial charge on any atom is -0.206 e. The van der Waals surface area contributed by atoms with E-state index in [0.29, 0.717) is 21.3 Å². The van der Waals surface area contributed by atoms with Gasteiger partial charge >= 0.3 is 0 Å². The highest BCUT2D eigenvalue weighted by Crippen LogP contribution is 2.37. The van der Waals surface area contributed by atoms with E-state index in [1.165, 1.54) is 12.8 Å². The van der Waals surface area contributed by atoms with Gasteiger partial charge in [-0.05, 0) is 60.9 Å². The standard InChI is InChI=1S/C18H17BrClF/c19-15-6-1-12(2-7-15)14-5-10-17(18(21)11-14)13-3-8-16(20)9-4-13/h3-5,8-12,15H,1-2,6-7H2. The molecule has 1 fully saturated rings. The third kappa shape index (κ3) is 3.49. The maximum absolute atomic E-state index is 14.4. The van der Waals surface area contributed by atoms with Gasteiger partial charge in [0.1, 0.15) is 5.82 Å². The summed E-state index contributed by atoms with van der Waals surface area (Å²) in [7, 11) is 0. The Bertz CT molecular complexity index is 616. The van der Waals surface area contributed by atoms with Crippen molar-refractivity contribution in [1.82, 2.24) is 0 Å². The summed E-state index contributed by atoms with van der Waals surface area (Å²) in [5.74, 6) is 0.350.